The third-order valence-electron chi connectivity index (χ3n) is 3.38. The number of hydrogen-bond donors (Lipinski definition) is 0. The molecule has 0 fully saturated rings. The van der Waals surface area contributed by atoms with E-state index in [1.165, 1.54) is 16.7 Å². The zero-order valence-corrected chi connectivity index (χ0v) is 12.3. The van der Waals surface area contributed by atoms with Crippen molar-refractivity contribution in [1.82, 2.24) is 0 Å². The molecule has 3 aromatic rings. The second-order valence-corrected chi connectivity index (χ2v) is 4.89. The lowest BCUT2D eigenvalue weighted by atomic mass is 9.98. The average Bonchev–Trinajstić information content (AvgIpc) is 2.61. The van der Waals surface area contributed by atoms with E-state index in [4.69, 9.17) is 4.74 Å². The summed E-state index contributed by atoms with van der Waals surface area (Å²) in [4.78, 5) is 0. The first-order valence-electron chi connectivity index (χ1n) is 7.34. The van der Waals surface area contributed by atoms with E-state index in [2.05, 4.69) is 60.7 Å². The van der Waals surface area contributed by atoms with E-state index in [0.29, 0.717) is 6.61 Å². The van der Waals surface area contributed by atoms with Crippen LogP contribution in [0, 0.1) is 6.07 Å². The van der Waals surface area contributed by atoms with E-state index in [0.717, 1.165) is 5.75 Å². The van der Waals surface area contributed by atoms with Crippen molar-refractivity contribution in [2.45, 2.75) is 0 Å². The van der Waals surface area contributed by atoms with Crippen LogP contribution in [0.3, 0.4) is 0 Å². The van der Waals surface area contributed by atoms with Crippen molar-refractivity contribution < 1.29 is 4.74 Å². The molecule has 0 bridgehead atoms. The second kappa shape index (κ2) is 7.28. The van der Waals surface area contributed by atoms with E-state index in [-0.39, 0.29) is 0 Å². The van der Waals surface area contributed by atoms with E-state index < -0.39 is 0 Å². The highest BCUT2D eigenvalue weighted by Gasteiger charge is 2.04. The lowest BCUT2D eigenvalue weighted by Gasteiger charge is -2.09. The highest BCUT2D eigenvalue weighted by Crippen LogP contribution is 2.23. The molecule has 0 aliphatic heterocycles. The summed E-state index contributed by atoms with van der Waals surface area (Å²) in [6.45, 7) is 0.514. The number of para-hydroxylation sites is 1. The summed E-state index contributed by atoms with van der Waals surface area (Å²) >= 11 is 0. The van der Waals surface area contributed by atoms with Gasteiger partial charge >= 0.3 is 0 Å². The Balaban J connectivity index is 1.84. The van der Waals surface area contributed by atoms with E-state index in [9.17, 15) is 0 Å². The first kappa shape index (κ1) is 14.2. The molecule has 0 saturated heterocycles. The third-order valence-corrected chi connectivity index (χ3v) is 3.38. The molecule has 1 heteroatoms. The second-order valence-electron chi connectivity index (χ2n) is 4.89. The molecule has 107 valence electrons. The molecule has 0 spiro atoms. The van der Waals surface area contributed by atoms with E-state index in [1.807, 2.05) is 36.4 Å². The predicted molar refractivity (Wildman–Crippen MR) is 90.7 cm³/mol. The zero-order chi connectivity index (χ0) is 15.0. The summed E-state index contributed by atoms with van der Waals surface area (Å²) < 4.78 is 5.75. The number of benzene rings is 3. The van der Waals surface area contributed by atoms with Crippen molar-refractivity contribution in [2.24, 2.45) is 0 Å². The fraction of sp³-hybridized carbons (Fsp3) is 0.0476. The van der Waals surface area contributed by atoms with Crippen molar-refractivity contribution in [3.63, 3.8) is 0 Å². The summed E-state index contributed by atoms with van der Waals surface area (Å²) in [5.74, 6) is 0.763. The fourth-order valence-electron chi connectivity index (χ4n) is 2.32. The minimum absolute atomic E-state index is 0.514. The van der Waals surface area contributed by atoms with Gasteiger partial charge in [-0.1, -0.05) is 78.9 Å². The largest absolute Gasteiger partial charge is 0.489 e. The van der Waals surface area contributed by atoms with Gasteiger partial charge in [0.25, 0.3) is 0 Å². The Kier molecular flexibility index (Phi) is 4.68. The molecule has 3 rings (SSSR count). The van der Waals surface area contributed by atoms with Gasteiger partial charge in [-0.25, -0.2) is 0 Å². The van der Waals surface area contributed by atoms with E-state index in [1.54, 1.807) is 0 Å². The van der Waals surface area contributed by atoms with Crippen molar-refractivity contribution in [3.8, 4) is 5.75 Å². The van der Waals surface area contributed by atoms with Gasteiger partial charge in [0.05, 0.1) is 0 Å². The van der Waals surface area contributed by atoms with Crippen LogP contribution in [0.5, 0.6) is 5.75 Å². The summed E-state index contributed by atoms with van der Waals surface area (Å²) in [5, 5.41) is 0. The van der Waals surface area contributed by atoms with Gasteiger partial charge in [-0.05, 0) is 28.8 Å². The molecule has 0 amide bonds. The minimum atomic E-state index is 0.514. The normalized spacial score (nSPS) is 10.0. The monoisotopic (exact) mass is 285 g/mol. The molecule has 0 heterocycles. The predicted octanol–water partition coefficient (Wildman–Crippen LogP) is 5.00. The molecule has 0 aliphatic rings. The Morgan fingerprint density at radius 1 is 0.773 bits per heavy atom. The molecule has 0 unspecified atom stereocenters. The van der Waals surface area contributed by atoms with Crippen LogP contribution in [0.15, 0.2) is 91.0 Å². The summed E-state index contributed by atoms with van der Waals surface area (Å²) in [6, 6.07) is 31.5. The van der Waals surface area contributed by atoms with Crippen LogP contribution in [-0.4, -0.2) is 6.61 Å². The van der Waals surface area contributed by atoms with Crippen LogP contribution in [-0.2, 0) is 0 Å². The van der Waals surface area contributed by atoms with Crippen molar-refractivity contribution >= 4 is 5.57 Å². The molecule has 0 aliphatic carbocycles. The molecule has 3 aromatic carbocycles. The highest BCUT2D eigenvalue weighted by molar-refractivity contribution is 5.79. The fourth-order valence-corrected chi connectivity index (χ4v) is 2.32. The van der Waals surface area contributed by atoms with Crippen LogP contribution in [0.2, 0.25) is 0 Å². The Labute approximate surface area is 131 Å². The standard InChI is InChI=1S/C21H17O/c1-4-10-18(11-5-1)21(19-12-6-2-7-13-19)16-17-22-20-14-8-3-9-15-20/h1-14,16H,17H2. The highest BCUT2D eigenvalue weighted by atomic mass is 16.5. The van der Waals surface area contributed by atoms with Crippen LogP contribution >= 0.6 is 0 Å². The maximum absolute atomic E-state index is 5.75. The molecule has 0 aromatic heterocycles. The summed E-state index contributed by atoms with van der Waals surface area (Å²) in [6.07, 6.45) is 2.12. The third kappa shape index (κ3) is 3.64. The van der Waals surface area contributed by atoms with Crippen LogP contribution in [0.1, 0.15) is 11.1 Å². The van der Waals surface area contributed by atoms with Gasteiger partial charge in [-0.3, -0.25) is 0 Å². The maximum atomic E-state index is 5.75. The van der Waals surface area contributed by atoms with E-state index >= 15 is 0 Å². The lowest BCUT2D eigenvalue weighted by molar-refractivity contribution is 0.362. The average molecular weight is 285 g/mol. The molecule has 1 nitrogen and oxygen atoms in total. The lowest BCUT2D eigenvalue weighted by Crippen LogP contribution is -1.96. The minimum Gasteiger partial charge on any atom is -0.489 e. The molecule has 0 atom stereocenters. The SMILES string of the molecule is [c]1ccccc1OCC=C(c1ccccc1)c1ccccc1. The van der Waals surface area contributed by atoms with Gasteiger partial charge in [0.2, 0.25) is 0 Å². The van der Waals surface area contributed by atoms with Gasteiger partial charge < -0.3 is 4.74 Å². The summed E-state index contributed by atoms with van der Waals surface area (Å²) in [5.41, 5.74) is 3.56. The first-order valence-corrected chi connectivity index (χ1v) is 7.34. The number of rotatable bonds is 5. The van der Waals surface area contributed by atoms with Crippen LogP contribution in [0.4, 0.5) is 0 Å². The van der Waals surface area contributed by atoms with Crippen molar-refractivity contribution in [3.05, 3.63) is 108 Å². The van der Waals surface area contributed by atoms with Gasteiger partial charge in [0.1, 0.15) is 12.4 Å². The van der Waals surface area contributed by atoms with Crippen molar-refractivity contribution in [1.29, 1.82) is 0 Å². The Hall–Kier alpha value is -2.80. The van der Waals surface area contributed by atoms with Crippen LogP contribution < -0.4 is 4.74 Å². The molecular weight excluding hydrogens is 268 g/mol. The van der Waals surface area contributed by atoms with Gasteiger partial charge in [0.15, 0.2) is 0 Å². The molecule has 1 radical (unpaired) electrons. The molecule has 0 saturated carbocycles. The molecular formula is C21H17O. The first-order chi connectivity index (χ1) is 10.9. The molecule has 22 heavy (non-hydrogen) atoms. The Morgan fingerprint density at radius 3 is 1.91 bits per heavy atom. The zero-order valence-electron chi connectivity index (χ0n) is 12.3. The van der Waals surface area contributed by atoms with Gasteiger partial charge in [-0.2, -0.15) is 0 Å². The topological polar surface area (TPSA) is 9.23 Å². The molecule has 0 N–H and O–H groups in total. The van der Waals surface area contributed by atoms with Gasteiger partial charge in [0, 0.05) is 6.07 Å². The number of hydrogen-bond acceptors (Lipinski definition) is 1. The van der Waals surface area contributed by atoms with Crippen LogP contribution in [0.25, 0.3) is 5.57 Å². The number of ether oxygens (including phenoxy) is 1. The maximum Gasteiger partial charge on any atom is 0.127 e. The van der Waals surface area contributed by atoms with Crippen molar-refractivity contribution in [2.75, 3.05) is 6.61 Å². The van der Waals surface area contributed by atoms with Gasteiger partial charge in [-0.15, -0.1) is 0 Å². The quantitative estimate of drug-likeness (QED) is 0.641. The Morgan fingerprint density at radius 2 is 1.36 bits per heavy atom. The summed E-state index contributed by atoms with van der Waals surface area (Å²) in [7, 11) is 0. The smallest absolute Gasteiger partial charge is 0.127 e. The Bertz CT molecular complexity index is 674.